The highest BCUT2D eigenvalue weighted by Crippen LogP contribution is 2.34. The number of hydrogen-bond donors (Lipinski definition) is 1. The Bertz CT molecular complexity index is 627. The van der Waals surface area contributed by atoms with Gasteiger partial charge in [-0.25, -0.2) is 0 Å². The topological polar surface area (TPSA) is 30.5 Å². The minimum Gasteiger partial charge on any atom is -0.454 e. The van der Waals surface area contributed by atoms with Gasteiger partial charge < -0.3 is 14.8 Å². The Hall–Kier alpha value is -1.52. The van der Waals surface area contributed by atoms with Crippen LogP contribution in [0.2, 0.25) is 0 Å². The highest BCUT2D eigenvalue weighted by Gasteiger charge is 2.17. The smallest absolute Gasteiger partial charge is 0.231 e. The van der Waals surface area contributed by atoms with Crippen LogP contribution in [-0.4, -0.2) is 6.79 Å². The van der Waals surface area contributed by atoms with Crippen LogP contribution in [0.1, 0.15) is 37.1 Å². The highest BCUT2D eigenvalue weighted by atomic mass is 79.9. The Kier molecular flexibility index (Phi) is 4.17. The Morgan fingerprint density at radius 3 is 2.29 bits per heavy atom. The maximum Gasteiger partial charge on any atom is 0.231 e. The fourth-order valence-electron chi connectivity index (χ4n) is 2.50. The van der Waals surface area contributed by atoms with Crippen molar-refractivity contribution in [1.82, 2.24) is 5.32 Å². The molecule has 0 radical (unpaired) electrons. The molecule has 1 N–H and O–H groups in total. The lowest BCUT2D eigenvalue weighted by Gasteiger charge is -2.21. The molecule has 0 saturated carbocycles. The molecule has 3 nitrogen and oxygen atoms in total. The number of hydrogen-bond acceptors (Lipinski definition) is 3. The van der Waals surface area contributed by atoms with Crippen molar-refractivity contribution >= 4 is 15.9 Å². The lowest BCUT2D eigenvalue weighted by atomic mass is 10.0. The summed E-state index contributed by atoms with van der Waals surface area (Å²) in [5.41, 5.74) is 2.47. The molecule has 1 heterocycles. The number of halogens is 1. The summed E-state index contributed by atoms with van der Waals surface area (Å²) in [6.07, 6.45) is 0. The minimum absolute atomic E-state index is 0.234. The summed E-state index contributed by atoms with van der Waals surface area (Å²) in [6, 6.07) is 15.0. The first-order valence-electron chi connectivity index (χ1n) is 7.04. The van der Waals surface area contributed by atoms with Crippen molar-refractivity contribution in [3.63, 3.8) is 0 Å². The molecule has 21 heavy (non-hydrogen) atoms. The van der Waals surface area contributed by atoms with Crippen molar-refractivity contribution in [2.75, 3.05) is 6.79 Å². The van der Waals surface area contributed by atoms with Gasteiger partial charge in [0.2, 0.25) is 6.79 Å². The first-order valence-corrected chi connectivity index (χ1v) is 7.84. The summed E-state index contributed by atoms with van der Waals surface area (Å²) in [7, 11) is 0. The molecule has 1 aliphatic rings. The van der Waals surface area contributed by atoms with E-state index in [0.29, 0.717) is 6.79 Å². The largest absolute Gasteiger partial charge is 0.454 e. The lowest BCUT2D eigenvalue weighted by Crippen LogP contribution is -2.22. The van der Waals surface area contributed by atoms with Crippen LogP contribution < -0.4 is 14.8 Å². The number of rotatable bonds is 4. The van der Waals surface area contributed by atoms with E-state index in [4.69, 9.17) is 9.47 Å². The van der Waals surface area contributed by atoms with Crippen LogP contribution in [0.5, 0.6) is 11.5 Å². The van der Waals surface area contributed by atoms with Gasteiger partial charge in [0.05, 0.1) is 0 Å². The SMILES string of the molecule is CC(N[C@@H](C)c1ccc(Br)cc1)c1ccc2c(c1)OCO2. The van der Waals surface area contributed by atoms with Gasteiger partial charge in [0.25, 0.3) is 0 Å². The molecule has 0 saturated heterocycles. The normalized spacial score (nSPS) is 15.8. The van der Waals surface area contributed by atoms with Crippen molar-refractivity contribution in [1.29, 1.82) is 0 Å². The van der Waals surface area contributed by atoms with Crippen LogP contribution in [0.15, 0.2) is 46.9 Å². The van der Waals surface area contributed by atoms with Gasteiger partial charge in [-0.15, -0.1) is 0 Å². The van der Waals surface area contributed by atoms with Crippen LogP contribution >= 0.6 is 15.9 Å². The molecule has 0 spiro atoms. The zero-order chi connectivity index (χ0) is 14.8. The second-order valence-electron chi connectivity index (χ2n) is 5.27. The van der Waals surface area contributed by atoms with Gasteiger partial charge in [-0.1, -0.05) is 34.1 Å². The van der Waals surface area contributed by atoms with Crippen molar-refractivity contribution in [2.24, 2.45) is 0 Å². The van der Waals surface area contributed by atoms with E-state index in [1.807, 2.05) is 12.1 Å². The van der Waals surface area contributed by atoms with Gasteiger partial charge in [-0.2, -0.15) is 0 Å². The highest BCUT2D eigenvalue weighted by molar-refractivity contribution is 9.10. The van der Waals surface area contributed by atoms with Crippen LogP contribution in [0.25, 0.3) is 0 Å². The zero-order valence-electron chi connectivity index (χ0n) is 12.1. The predicted octanol–water partition coefficient (Wildman–Crippen LogP) is 4.59. The van der Waals surface area contributed by atoms with E-state index in [1.54, 1.807) is 0 Å². The molecule has 0 amide bonds. The Labute approximate surface area is 133 Å². The molecule has 110 valence electrons. The van der Waals surface area contributed by atoms with E-state index in [0.717, 1.165) is 16.0 Å². The number of ether oxygens (including phenoxy) is 2. The standard InChI is InChI=1S/C17H18BrNO2/c1-11(13-3-6-15(18)7-4-13)19-12(2)14-5-8-16-17(9-14)21-10-20-16/h3-9,11-12,19H,10H2,1-2H3/t11-,12?/m0/s1. The quantitative estimate of drug-likeness (QED) is 0.877. The van der Waals surface area contributed by atoms with Crippen LogP contribution in [0.4, 0.5) is 0 Å². The molecule has 0 aliphatic carbocycles. The van der Waals surface area contributed by atoms with Crippen LogP contribution in [0, 0.1) is 0 Å². The number of nitrogens with one attached hydrogen (secondary N) is 1. The zero-order valence-corrected chi connectivity index (χ0v) is 13.7. The maximum atomic E-state index is 5.44. The summed E-state index contributed by atoms with van der Waals surface area (Å²) < 4.78 is 11.9. The second kappa shape index (κ2) is 6.08. The lowest BCUT2D eigenvalue weighted by molar-refractivity contribution is 0.174. The summed E-state index contributed by atoms with van der Waals surface area (Å²) >= 11 is 3.46. The van der Waals surface area contributed by atoms with Gasteiger partial charge in [0, 0.05) is 16.6 Å². The van der Waals surface area contributed by atoms with Crippen molar-refractivity contribution in [3.8, 4) is 11.5 Å². The Balaban J connectivity index is 1.70. The van der Waals surface area contributed by atoms with Gasteiger partial charge in [-0.3, -0.25) is 0 Å². The number of fused-ring (bicyclic) bond motifs is 1. The van der Waals surface area contributed by atoms with E-state index < -0.39 is 0 Å². The Morgan fingerprint density at radius 2 is 1.52 bits per heavy atom. The summed E-state index contributed by atoms with van der Waals surface area (Å²) in [6.45, 7) is 4.65. The average Bonchev–Trinajstić information content (AvgIpc) is 2.95. The molecule has 0 aromatic heterocycles. The Morgan fingerprint density at radius 1 is 0.905 bits per heavy atom. The van der Waals surface area contributed by atoms with Crippen molar-refractivity contribution in [3.05, 3.63) is 58.1 Å². The van der Waals surface area contributed by atoms with E-state index in [9.17, 15) is 0 Å². The molecule has 1 unspecified atom stereocenters. The van der Waals surface area contributed by atoms with Gasteiger partial charge in [0.1, 0.15) is 0 Å². The molecule has 2 aromatic rings. The third-order valence-corrected chi connectivity index (χ3v) is 4.30. The third-order valence-electron chi connectivity index (χ3n) is 3.77. The number of benzene rings is 2. The molecular formula is C17H18BrNO2. The minimum atomic E-state index is 0.234. The summed E-state index contributed by atoms with van der Waals surface area (Å²) in [5, 5.41) is 3.61. The maximum absolute atomic E-state index is 5.44. The van der Waals surface area contributed by atoms with E-state index >= 15 is 0 Å². The molecule has 2 aromatic carbocycles. The molecular weight excluding hydrogens is 330 g/mol. The molecule has 4 heteroatoms. The summed E-state index contributed by atoms with van der Waals surface area (Å²) in [5.74, 6) is 1.66. The van der Waals surface area contributed by atoms with Crippen molar-refractivity contribution < 1.29 is 9.47 Å². The molecule has 2 atom stereocenters. The van der Waals surface area contributed by atoms with Crippen LogP contribution in [-0.2, 0) is 0 Å². The van der Waals surface area contributed by atoms with Gasteiger partial charge in [0.15, 0.2) is 11.5 Å². The van der Waals surface area contributed by atoms with E-state index in [-0.39, 0.29) is 12.1 Å². The monoisotopic (exact) mass is 347 g/mol. The van der Waals surface area contributed by atoms with E-state index in [2.05, 4.69) is 65.4 Å². The van der Waals surface area contributed by atoms with Crippen LogP contribution in [0.3, 0.4) is 0 Å². The average molecular weight is 348 g/mol. The fraction of sp³-hybridized carbons (Fsp3) is 0.294. The predicted molar refractivity (Wildman–Crippen MR) is 86.7 cm³/mol. The molecule has 0 bridgehead atoms. The van der Waals surface area contributed by atoms with Gasteiger partial charge in [-0.05, 0) is 49.2 Å². The second-order valence-corrected chi connectivity index (χ2v) is 6.19. The van der Waals surface area contributed by atoms with Crippen molar-refractivity contribution in [2.45, 2.75) is 25.9 Å². The first-order chi connectivity index (χ1) is 10.1. The first kappa shape index (κ1) is 14.4. The summed E-state index contributed by atoms with van der Waals surface area (Å²) in [4.78, 5) is 0. The van der Waals surface area contributed by atoms with Gasteiger partial charge >= 0.3 is 0 Å². The molecule has 1 aliphatic heterocycles. The third kappa shape index (κ3) is 3.22. The molecule has 0 fully saturated rings. The molecule has 3 rings (SSSR count). The van der Waals surface area contributed by atoms with E-state index in [1.165, 1.54) is 11.1 Å². The fourth-order valence-corrected chi connectivity index (χ4v) is 2.77.